The van der Waals surface area contributed by atoms with Gasteiger partial charge in [-0.15, -0.1) is 0 Å². The smallest absolute Gasteiger partial charge is 0.117 e. The molecule has 0 radical (unpaired) electrons. The molecule has 2 nitrogen and oxygen atoms in total. The molecule has 1 atom stereocenters. The lowest BCUT2D eigenvalue weighted by atomic mass is 9.79. The summed E-state index contributed by atoms with van der Waals surface area (Å²) in [6.07, 6.45) is 4.89. The highest BCUT2D eigenvalue weighted by molar-refractivity contribution is 5.45. The molecule has 1 aliphatic carbocycles. The van der Waals surface area contributed by atoms with E-state index < -0.39 is 0 Å². The lowest BCUT2D eigenvalue weighted by molar-refractivity contribution is 0.282. The summed E-state index contributed by atoms with van der Waals surface area (Å²) < 4.78 is 0. The fraction of sp³-hybridized carbons (Fsp3) is 0.533. The van der Waals surface area contributed by atoms with Crippen LogP contribution in [0.4, 0.5) is 5.69 Å². The normalized spacial score (nSPS) is 25.9. The Morgan fingerprint density at radius 2 is 1.82 bits per heavy atom. The van der Waals surface area contributed by atoms with Crippen LogP contribution in [0.5, 0.6) is 0 Å². The molecule has 1 unspecified atom stereocenters. The topological polar surface area (TPSA) is 35.8 Å². The van der Waals surface area contributed by atoms with E-state index in [0.29, 0.717) is 5.92 Å². The van der Waals surface area contributed by atoms with Crippen molar-refractivity contribution in [3.05, 3.63) is 30.3 Å². The van der Waals surface area contributed by atoms with E-state index in [2.05, 4.69) is 18.3 Å². The maximum absolute atomic E-state index is 9.29. The Labute approximate surface area is 104 Å². The summed E-state index contributed by atoms with van der Waals surface area (Å²) in [7, 11) is 0. The van der Waals surface area contributed by atoms with Crippen molar-refractivity contribution >= 4 is 5.69 Å². The number of nitrogens with zero attached hydrogens (tertiary/aromatic N) is 1. The molecule has 0 amide bonds. The largest absolute Gasteiger partial charge is 0.370 e. The molecule has 0 aliphatic heterocycles. The van der Waals surface area contributed by atoms with E-state index >= 15 is 0 Å². The predicted octanol–water partition coefficient (Wildman–Crippen LogP) is 3.82. The van der Waals surface area contributed by atoms with Gasteiger partial charge in [0.05, 0.1) is 6.07 Å². The van der Waals surface area contributed by atoms with Gasteiger partial charge in [-0.05, 0) is 36.8 Å². The Morgan fingerprint density at radius 1 is 1.18 bits per heavy atom. The molecule has 2 heteroatoms. The van der Waals surface area contributed by atoms with E-state index in [1.807, 2.05) is 30.3 Å². The summed E-state index contributed by atoms with van der Waals surface area (Å²) in [6.45, 7) is 2.31. The zero-order chi connectivity index (χ0) is 12.1. The Balaban J connectivity index is 1.96. The van der Waals surface area contributed by atoms with Crippen molar-refractivity contribution in [3.63, 3.8) is 0 Å². The van der Waals surface area contributed by atoms with E-state index in [1.54, 1.807) is 0 Å². The molecule has 0 spiro atoms. The van der Waals surface area contributed by atoms with Gasteiger partial charge in [0.25, 0.3) is 0 Å². The average Bonchev–Trinajstić information content (AvgIpc) is 2.38. The van der Waals surface area contributed by atoms with Crippen molar-refractivity contribution in [1.82, 2.24) is 0 Å². The molecule has 0 saturated heterocycles. The number of hydrogen-bond acceptors (Lipinski definition) is 2. The SMILES string of the molecule is CC1CCC(C(C#N)Nc2ccccc2)CC1. The molecule has 1 fully saturated rings. The third-order valence-electron chi connectivity index (χ3n) is 3.77. The summed E-state index contributed by atoms with van der Waals surface area (Å²) >= 11 is 0. The fourth-order valence-electron chi connectivity index (χ4n) is 2.59. The summed E-state index contributed by atoms with van der Waals surface area (Å²) in [4.78, 5) is 0. The lowest BCUT2D eigenvalue weighted by Crippen LogP contribution is -2.30. The van der Waals surface area contributed by atoms with Crippen LogP contribution < -0.4 is 5.32 Å². The molecule has 0 bridgehead atoms. The molecule has 1 saturated carbocycles. The molecule has 1 N–H and O–H groups in total. The summed E-state index contributed by atoms with van der Waals surface area (Å²) in [5.74, 6) is 1.35. The van der Waals surface area contributed by atoms with Crippen LogP contribution in [0.1, 0.15) is 32.6 Å². The van der Waals surface area contributed by atoms with Crippen molar-refractivity contribution in [1.29, 1.82) is 5.26 Å². The van der Waals surface area contributed by atoms with Crippen molar-refractivity contribution in [2.24, 2.45) is 11.8 Å². The van der Waals surface area contributed by atoms with Crippen LogP contribution in [0.2, 0.25) is 0 Å². The number of rotatable bonds is 3. The number of hydrogen-bond donors (Lipinski definition) is 1. The van der Waals surface area contributed by atoms with Crippen LogP contribution in [0.15, 0.2) is 30.3 Å². The minimum Gasteiger partial charge on any atom is -0.370 e. The highest BCUT2D eigenvalue weighted by Gasteiger charge is 2.25. The third kappa shape index (κ3) is 3.23. The first kappa shape index (κ1) is 12.0. The maximum Gasteiger partial charge on any atom is 0.117 e. The number of benzene rings is 1. The Morgan fingerprint density at radius 3 is 2.41 bits per heavy atom. The number of nitrogens with one attached hydrogen (secondary N) is 1. The minimum absolute atomic E-state index is 0.0371. The Hall–Kier alpha value is -1.49. The highest BCUT2D eigenvalue weighted by Crippen LogP contribution is 2.31. The minimum atomic E-state index is -0.0371. The van der Waals surface area contributed by atoms with Gasteiger partial charge in [-0.2, -0.15) is 5.26 Å². The van der Waals surface area contributed by atoms with E-state index in [9.17, 15) is 5.26 Å². The van der Waals surface area contributed by atoms with Gasteiger partial charge in [0, 0.05) is 5.69 Å². The van der Waals surface area contributed by atoms with Gasteiger partial charge in [0.1, 0.15) is 6.04 Å². The fourth-order valence-corrected chi connectivity index (χ4v) is 2.59. The van der Waals surface area contributed by atoms with Crippen molar-refractivity contribution in [2.45, 2.75) is 38.6 Å². The average molecular weight is 228 g/mol. The lowest BCUT2D eigenvalue weighted by Gasteiger charge is -2.30. The van der Waals surface area contributed by atoms with Crippen LogP contribution in [0.25, 0.3) is 0 Å². The molecule has 2 rings (SSSR count). The Bertz CT molecular complexity index is 372. The van der Waals surface area contributed by atoms with E-state index in [0.717, 1.165) is 11.6 Å². The zero-order valence-electron chi connectivity index (χ0n) is 10.4. The molecule has 90 valence electrons. The second-order valence-electron chi connectivity index (χ2n) is 5.14. The van der Waals surface area contributed by atoms with Gasteiger partial charge in [0.15, 0.2) is 0 Å². The van der Waals surface area contributed by atoms with E-state index in [4.69, 9.17) is 0 Å². The van der Waals surface area contributed by atoms with Crippen LogP contribution in [0, 0.1) is 23.2 Å². The molecule has 1 aromatic rings. The van der Waals surface area contributed by atoms with Gasteiger partial charge in [-0.3, -0.25) is 0 Å². The first-order chi connectivity index (χ1) is 8.29. The molecule has 0 heterocycles. The molecule has 1 aromatic carbocycles. The zero-order valence-corrected chi connectivity index (χ0v) is 10.4. The van der Waals surface area contributed by atoms with Crippen molar-refractivity contribution in [2.75, 3.05) is 5.32 Å². The third-order valence-corrected chi connectivity index (χ3v) is 3.77. The summed E-state index contributed by atoms with van der Waals surface area (Å²) in [6, 6.07) is 12.4. The summed E-state index contributed by atoms with van der Waals surface area (Å²) in [5, 5.41) is 12.6. The maximum atomic E-state index is 9.29. The quantitative estimate of drug-likeness (QED) is 0.853. The molecule has 17 heavy (non-hydrogen) atoms. The van der Waals surface area contributed by atoms with Crippen LogP contribution >= 0.6 is 0 Å². The van der Waals surface area contributed by atoms with Crippen LogP contribution in [0.3, 0.4) is 0 Å². The second-order valence-corrected chi connectivity index (χ2v) is 5.14. The Kier molecular flexibility index (Phi) is 4.03. The van der Waals surface area contributed by atoms with Gasteiger partial charge in [-0.1, -0.05) is 38.0 Å². The number of anilines is 1. The van der Waals surface area contributed by atoms with E-state index in [-0.39, 0.29) is 6.04 Å². The number of nitriles is 1. The van der Waals surface area contributed by atoms with Crippen molar-refractivity contribution in [3.8, 4) is 6.07 Å². The standard InChI is InChI=1S/C15H20N2/c1-12-7-9-13(10-8-12)15(11-16)17-14-5-3-2-4-6-14/h2-6,12-13,15,17H,7-10H2,1H3. The molecular weight excluding hydrogens is 208 g/mol. The van der Waals surface area contributed by atoms with Gasteiger partial charge < -0.3 is 5.32 Å². The first-order valence-corrected chi connectivity index (χ1v) is 6.51. The summed E-state index contributed by atoms with van der Waals surface area (Å²) in [5.41, 5.74) is 1.05. The second kappa shape index (κ2) is 5.72. The predicted molar refractivity (Wildman–Crippen MR) is 70.6 cm³/mol. The first-order valence-electron chi connectivity index (χ1n) is 6.51. The molecule has 1 aliphatic rings. The van der Waals surface area contributed by atoms with Crippen LogP contribution in [-0.4, -0.2) is 6.04 Å². The monoisotopic (exact) mass is 228 g/mol. The molecular formula is C15H20N2. The van der Waals surface area contributed by atoms with Crippen LogP contribution in [-0.2, 0) is 0 Å². The highest BCUT2D eigenvalue weighted by atomic mass is 14.9. The van der Waals surface area contributed by atoms with Gasteiger partial charge in [0.2, 0.25) is 0 Å². The molecule has 0 aromatic heterocycles. The van der Waals surface area contributed by atoms with Gasteiger partial charge in [-0.25, -0.2) is 0 Å². The van der Waals surface area contributed by atoms with E-state index in [1.165, 1.54) is 25.7 Å². The number of para-hydroxylation sites is 1. The van der Waals surface area contributed by atoms with Gasteiger partial charge >= 0.3 is 0 Å². The van der Waals surface area contributed by atoms with Crippen molar-refractivity contribution < 1.29 is 0 Å².